The number of para-hydroxylation sites is 3. The van der Waals surface area contributed by atoms with Gasteiger partial charge in [-0.2, -0.15) is 0 Å². The third-order valence-electron chi connectivity index (χ3n) is 14.5. The summed E-state index contributed by atoms with van der Waals surface area (Å²) in [7, 11) is 0. The molecule has 5 nitrogen and oxygen atoms in total. The molecule has 368 valence electrons. The van der Waals surface area contributed by atoms with E-state index < -0.39 is 0 Å². The Morgan fingerprint density at radius 1 is 0.427 bits per heavy atom. The van der Waals surface area contributed by atoms with Crippen LogP contribution >= 0.6 is 0 Å². The van der Waals surface area contributed by atoms with Gasteiger partial charge in [-0.3, -0.25) is 4.57 Å². The molecule has 1 aliphatic heterocycles. The molecule has 0 aliphatic carbocycles. The van der Waals surface area contributed by atoms with E-state index in [0.717, 1.165) is 100 Å². The van der Waals surface area contributed by atoms with E-state index in [1.807, 2.05) is 36.5 Å². The lowest BCUT2D eigenvalue weighted by atomic mass is 9.82. The zero-order valence-corrected chi connectivity index (χ0v) is 42.9. The smallest absolute Gasteiger partial charge is 0.137 e. The SMILES string of the molecule is CC(C)(C)c1ccnc(-n2c3ccccc3c3ccc(Oc4cc(-c5ccccc5-c5ccccc5)cc(N5CN(c6c(-c7ccc(F)cc7)cc(C(C)(C)C)cc6-c6ccc(F)cc6)c6ccccc65)c4)cc32)c1. The number of nitrogens with zero attached hydrogens (tertiary/aromatic N) is 4. The molecule has 2 aromatic heterocycles. The minimum absolute atomic E-state index is 0.0634. The van der Waals surface area contributed by atoms with Crippen LogP contribution in [-0.2, 0) is 10.8 Å². The number of rotatable bonds is 9. The number of halogens is 2. The molecule has 75 heavy (non-hydrogen) atoms. The summed E-state index contributed by atoms with van der Waals surface area (Å²) in [5.74, 6) is 1.60. The van der Waals surface area contributed by atoms with Gasteiger partial charge in [-0.1, -0.05) is 151 Å². The van der Waals surface area contributed by atoms with Crippen molar-refractivity contribution in [2.45, 2.75) is 52.4 Å². The number of pyridine rings is 1. The van der Waals surface area contributed by atoms with Crippen LogP contribution in [-0.4, -0.2) is 16.2 Å². The molecule has 11 aromatic rings. The number of aromatic nitrogens is 2. The third kappa shape index (κ3) is 8.88. The van der Waals surface area contributed by atoms with Gasteiger partial charge in [-0.25, -0.2) is 13.8 Å². The van der Waals surface area contributed by atoms with Crippen molar-refractivity contribution in [1.29, 1.82) is 0 Å². The van der Waals surface area contributed by atoms with Gasteiger partial charge < -0.3 is 14.5 Å². The van der Waals surface area contributed by atoms with Crippen LogP contribution in [0.25, 0.3) is 72.1 Å². The van der Waals surface area contributed by atoms with Gasteiger partial charge >= 0.3 is 0 Å². The topological polar surface area (TPSA) is 33.5 Å². The number of fused-ring (bicyclic) bond motifs is 4. The van der Waals surface area contributed by atoms with Crippen LogP contribution in [0.1, 0.15) is 52.7 Å². The number of hydrogen-bond donors (Lipinski definition) is 0. The normalized spacial score (nSPS) is 12.7. The van der Waals surface area contributed by atoms with E-state index in [9.17, 15) is 8.78 Å². The predicted molar refractivity (Wildman–Crippen MR) is 306 cm³/mol. The number of benzene rings is 9. The van der Waals surface area contributed by atoms with E-state index in [2.05, 4.69) is 214 Å². The van der Waals surface area contributed by atoms with E-state index >= 15 is 0 Å². The lowest BCUT2D eigenvalue weighted by Gasteiger charge is -2.30. The zero-order valence-electron chi connectivity index (χ0n) is 42.9. The average Bonchev–Trinajstić information content (AvgIpc) is 3.97. The molecule has 3 heterocycles. The molecular weight excluding hydrogens is 927 g/mol. The summed E-state index contributed by atoms with van der Waals surface area (Å²) >= 11 is 0. The van der Waals surface area contributed by atoms with Crippen LogP contribution in [0.15, 0.2) is 219 Å². The molecule has 7 heteroatoms. The van der Waals surface area contributed by atoms with Gasteiger partial charge in [0.1, 0.15) is 35.6 Å². The van der Waals surface area contributed by atoms with Crippen LogP contribution in [0, 0.1) is 11.6 Å². The summed E-state index contributed by atoms with van der Waals surface area (Å²) < 4.78 is 38.8. The fraction of sp³-hybridized carbons (Fsp3) is 0.132. The van der Waals surface area contributed by atoms with Crippen LogP contribution in [0.2, 0.25) is 0 Å². The number of hydrogen-bond acceptors (Lipinski definition) is 4. The van der Waals surface area contributed by atoms with Crippen molar-refractivity contribution in [3.8, 4) is 61.8 Å². The van der Waals surface area contributed by atoms with Crippen molar-refractivity contribution in [3.05, 3.63) is 241 Å². The summed E-state index contributed by atoms with van der Waals surface area (Å²) in [6.07, 6.45) is 1.91. The Bertz CT molecular complexity index is 3880. The molecule has 1 aliphatic rings. The van der Waals surface area contributed by atoms with Crippen LogP contribution in [0.4, 0.5) is 31.5 Å². The van der Waals surface area contributed by atoms with Gasteiger partial charge in [0.25, 0.3) is 0 Å². The van der Waals surface area contributed by atoms with Crippen molar-refractivity contribution >= 4 is 44.6 Å². The predicted octanol–water partition coefficient (Wildman–Crippen LogP) is 18.8. The molecule has 0 saturated carbocycles. The Balaban J connectivity index is 1.04. The number of ether oxygens (including phenoxy) is 1. The molecule has 0 N–H and O–H groups in total. The molecule has 0 fully saturated rings. The summed E-state index contributed by atoms with van der Waals surface area (Å²) in [6.45, 7) is 13.7. The summed E-state index contributed by atoms with van der Waals surface area (Å²) in [5, 5.41) is 2.25. The van der Waals surface area contributed by atoms with Crippen molar-refractivity contribution in [1.82, 2.24) is 9.55 Å². The maximum Gasteiger partial charge on any atom is 0.137 e. The van der Waals surface area contributed by atoms with E-state index in [-0.39, 0.29) is 22.5 Å². The maximum atomic E-state index is 14.7. The maximum absolute atomic E-state index is 14.7. The van der Waals surface area contributed by atoms with Crippen LogP contribution in [0.5, 0.6) is 11.5 Å². The fourth-order valence-electron chi connectivity index (χ4n) is 10.6. The van der Waals surface area contributed by atoms with E-state index in [4.69, 9.17) is 9.72 Å². The van der Waals surface area contributed by atoms with Crippen molar-refractivity contribution in [3.63, 3.8) is 0 Å². The standard InChI is InChI=1S/C68H56F2N4O/c1-67(2,3)48-34-35-71-65(40-48)74-61-21-13-12-20-57(61)58-33-32-53(42-64(58)74)75-54-37-47(56-19-11-10-18-55(56)44-16-8-7-9-17-44)36-52(41-54)72-43-73(63-23-15-14-22-62(63)72)66-59(45-24-28-50(69)29-25-45)38-49(68(4,5)6)39-60(66)46-26-30-51(70)31-27-46/h7-42H,43H2,1-6H3. The Kier molecular flexibility index (Phi) is 11.7. The van der Waals surface area contributed by atoms with Crippen molar-refractivity contribution in [2.24, 2.45) is 0 Å². The van der Waals surface area contributed by atoms with Gasteiger partial charge in [-0.05, 0) is 146 Å². The van der Waals surface area contributed by atoms with Gasteiger partial charge in [0.15, 0.2) is 0 Å². The second-order valence-electron chi connectivity index (χ2n) is 21.6. The van der Waals surface area contributed by atoms with E-state index in [0.29, 0.717) is 18.2 Å². The van der Waals surface area contributed by atoms with Crippen molar-refractivity contribution < 1.29 is 13.5 Å². The first-order chi connectivity index (χ1) is 36.2. The highest BCUT2D eigenvalue weighted by molar-refractivity contribution is 6.09. The van der Waals surface area contributed by atoms with Gasteiger partial charge in [0.05, 0.1) is 28.1 Å². The Morgan fingerprint density at radius 2 is 0.987 bits per heavy atom. The highest BCUT2D eigenvalue weighted by atomic mass is 19.1. The summed E-state index contributed by atoms with van der Waals surface area (Å²) in [6, 6.07) is 71.1. The monoisotopic (exact) mass is 982 g/mol. The van der Waals surface area contributed by atoms with Gasteiger partial charge in [0.2, 0.25) is 0 Å². The molecule has 0 unspecified atom stereocenters. The molecule has 0 spiro atoms. The molecule has 12 rings (SSSR count). The molecule has 0 radical (unpaired) electrons. The quantitative estimate of drug-likeness (QED) is 0.144. The second-order valence-corrected chi connectivity index (χ2v) is 21.6. The summed E-state index contributed by atoms with van der Waals surface area (Å²) in [5.41, 5.74) is 15.8. The van der Waals surface area contributed by atoms with E-state index in [1.54, 1.807) is 0 Å². The van der Waals surface area contributed by atoms with Crippen molar-refractivity contribution in [2.75, 3.05) is 16.5 Å². The highest BCUT2D eigenvalue weighted by Crippen LogP contribution is 2.52. The zero-order chi connectivity index (χ0) is 51.6. The molecular formula is C68H56F2N4O. The minimum atomic E-state index is -0.305. The average molecular weight is 983 g/mol. The molecule has 9 aromatic carbocycles. The summed E-state index contributed by atoms with van der Waals surface area (Å²) in [4.78, 5) is 9.63. The minimum Gasteiger partial charge on any atom is -0.457 e. The largest absolute Gasteiger partial charge is 0.457 e. The van der Waals surface area contributed by atoms with E-state index in [1.165, 1.54) is 29.8 Å². The lowest BCUT2D eigenvalue weighted by molar-refractivity contribution is 0.483. The highest BCUT2D eigenvalue weighted by Gasteiger charge is 2.33. The Labute approximate surface area is 437 Å². The van der Waals surface area contributed by atoms with Gasteiger partial charge in [0, 0.05) is 45.9 Å². The molecule has 0 bridgehead atoms. The van der Waals surface area contributed by atoms with Crippen LogP contribution in [0.3, 0.4) is 0 Å². The lowest BCUT2D eigenvalue weighted by Crippen LogP contribution is -2.25. The Morgan fingerprint density at radius 3 is 1.64 bits per heavy atom. The second kappa shape index (κ2) is 18.6. The first-order valence-corrected chi connectivity index (χ1v) is 25.6. The fourth-order valence-corrected chi connectivity index (χ4v) is 10.6. The third-order valence-corrected chi connectivity index (χ3v) is 14.5. The number of anilines is 4. The first kappa shape index (κ1) is 47.2. The van der Waals surface area contributed by atoms with Gasteiger partial charge in [-0.15, -0.1) is 0 Å². The molecule has 0 atom stereocenters. The first-order valence-electron chi connectivity index (χ1n) is 25.6. The Hall–Kier alpha value is -8.81. The molecule has 0 amide bonds. The van der Waals surface area contributed by atoms with Crippen LogP contribution < -0.4 is 14.5 Å². The molecule has 0 saturated heterocycles.